The molecule has 1 saturated heterocycles. The average Bonchev–Trinajstić information content (AvgIpc) is 2.68. The van der Waals surface area contributed by atoms with Gasteiger partial charge in [0.25, 0.3) is 0 Å². The number of pyridine rings is 1. The van der Waals surface area contributed by atoms with Crippen LogP contribution < -0.4 is 10.2 Å². The van der Waals surface area contributed by atoms with Crippen LogP contribution in [0.5, 0.6) is 0 Å². The number of hydrogen-bond donors (Lipinski definition) is 1. The van der Waals surface area contributed by atoms with E-state index in [1.807, 2.05) is 29.2 Å². The molecule has 1 aromatic carbocycles. The molecule has 0 aliphatic carbocycles. The van der Waals surface area contributed by atoms with Crippen LogP contribution in [0.1, 0.15) is 11.1 Å². The molecule has 1 aromatic heterocycles. The maximum Gasteiger partial charge on any atom is 0.317 e. The van der Waals surface area contributed by atoms with Gasteiger partial charge in [-0.2, -0.15) is 5.26 Å². The number of piperazine rings is 1. The summed E-state index contributed by atoms with van der Waals surface area (Å²) >= 11 is 5.97. The van der Waals surface area contributed by atoms with E-state index in [4.69, 9.17) is 11.6 Å². The van der Waals surface area contributed by atoms with Crippen LogP contribution in [-0.2, 0) is 6.42 Å². The van der Waals surface area contributed by atoms with Gasteiger partial charge in [-0.3, -0.25) is 0 Å². The van der Waals surface area contributed by atoms with Crippen molar-refractivity contribution < 1.29 is 4.79 Å². The van der Waals surface area contributed by atoms with Crippen LogP contribution >= 0.6 is 11.6 Å². The van der Waals surface area contributed by atoms with Crippen molar-refractivity contribution in [3.8, 4) is 6.07 Å². The monoisotopic (exact) mass is 369 g/mol. The zero-order valence-corrected chi connectivity index (χ0v) is 15.1. The summed E-state index contributed by atoms with van der Waals surface area (Å²) in [5, 5.41) is 12.9. The second kappa shape index (κ2) is 8.54. The summed E-state index contributed by atoms with van der Waals surface area (Å²) in [4.78, 5) is 20.5. The van der Waals surface area contributed by atoms with Crippen LogP contribution in [-0.4, -0.2) is 48.6 Å². The summed E-state index contributed by atoms with van der Waals surface area (Å²) in [6, 6.07) is 13.3. The molecule has 0 atom stereocenters. The van der Waals surface area contributed by atoms with Crippen molar-refractivity contribution in [3.63, 3.8) is 0 Å². The minimum absolute atomic E-state index is 0.0618. The lowest BCUT2D eigenvalue weighted by Gasteiger charge is -2.35. The van der Waals surface area contributed by atoms with Crippen LogP contribution in [0.25, 0.3) is 0 Å². The lowest BCUT2D eigenvalue weighted by atomic mass is 10.1. The maximum atomic E-state index is 12.3. The van der Waals surface area contributed by atoms with E-state index in [9.17, 15) is 10.1 Å². The van der Waals surface area contributed by atoms with E-state index < -0.39 is 0 Å². The Kier molecular flexibility index (Phi) is 5.92. The fraction of sp³-hybridized carbons (Fsp3) is 0.316. The molecule has 0 saturated carbocycles. The van der Waals surface area contributed by atoms with Crippen molar-refractivity contribution in [3.05, 3.63) is 58.7 Å². The van der Waals surface area contributed by atoms with Crippen LogP contribution in [0.15, 0.2) is 42.6 Å². The van der Waals surface area contributed by atoms with Crippen molar-refractivity contribution in [2.24, 2.45) is 0 Å². The van der Waals surface area contributed by atoms with E-state index in [2.05, 4.69) is 16.4 Å². The Labute approximate surface area is 158 Å². The summed E-state index contributed by atoms with van der Waals surface area (Å²) in [6.07, 6.45) is 2.43. The zero-order valence-electron chi connectivity index (χ0n) is 14.4. The Morgan fingerprint density at radius 3 is 2.77 bits per heavy atom. The van der Waals surface area contributed by atoms with E-state index in [-0.39, 0.29) is 6.03 Å². The number of nitrogens with one attached hydrogen (secondary N) is 1. The zero-order chi connectivity index (χ0) is 18.4. The number of urea groups is 1. The lowest BCUT2D eigenvalue weighted by molar-refractivity contribution is 0.194. The molecule has 0 radical (unpaired) electrons. The SMILES string of the molecule is N#Cc1cccnc1N1CCN(C(=O)NCCc2cccc(Cl)c2)CC1. The molecule has 26 heavy (non-hydrogen) atoms. The van der Waals surface area contributed by atoms with Gasteiger partial charge < -0.3 is 15.1 Å². The maximum absolute atomic E-state index is 12.3. The number of benzene rings is 1. The molecule has 0 unspecified atom stereocenters. The van der Waals surface area contributed by atoms with E-state index in [0.29, 0.717) is 49.1 Å². The summed E-state index contributed by atoms with van der Waals surface area (Å²) in [5.41, 5.74) is 1.66. The highest BCUT2D eigenvalue weighted by Crippen LogP contribution is 2.18. The molecule has 0 spiro atoms. The number of anilines is 1. The number of amides is 2. The largest absolute Gasteiger partial charge is 0.352 e. The predicted molar refractivity (Wildman–Crippen MR) is 101 cm³/mol. The third kappa shape index (κ3) is 4.44. The highest BCUT2D eigenvalue weighted by molar-refractivity contribution is 6.30. The molecule has 7 heteroatoms. The molecule has 1 aliphatic rings. The fourth-order valence-corrected chi connectivity index (χ4v) is 3.19. The van der Waals surface area contributed by atoms with Gasteiger partial charge >= 0.3 is 6.03 Å². The third-order valence-corrected chi connectivity index (χ3v) is 4.59. The van der Waals surface area contributed by atoms with Gasteiger partial charge in [-0.15, -0.1) is 0 Å². The van der Waals surface area contributed by atoms with E-state index in [0.717, 1.165) is 12.0 Å². The standard InChI is InChI=1S/C19H20ClN5O/c20-17-5-1-3-15(13-17)6-8-23-19(26)25-11-9-24(10-12-25)18-16(14-21)4-2-7-22-18/h1-5,7,13H,6,8-12H2,(H,23,26). The summed E-state index contributed by atoms with van der Waals surface area (Å²) < 4.78 is 0. The van der Waals surface area contributed by atoms with Crippen molar-refractivity contribution >= 4 is 23.4 Å². The topological polar surface area (TPSA) is 72.3 Å². The number of carbonyl (C=O) groups is 1. The molecule has 6 nitrogen and oxygen atoms in total. The number of nitrogens with zero attached hydrogens (tertiary/aromatic N) is 4. The molecular weight excluding hydrogens is 350 g/mol. The number of carbonyl (C=O) groups excluding carboxylic acids is 1. The van der Waals surface area contributed by atoms with Crippen LogP contribution in [0.3, 0.4) is 0 Å². The van der Waals surface area contributed by atoms with Gasteiger partial charge in [0, 0.05) is 43.9 Å². The minimum Gasteiger partial charge on any atom is -0.352 e. The van der Waals surface area contributed by atoms with Gasteiger partial charge in [0.1, 0.15) is 11.9 Å². The van der Waals surface area contributed by atoms with Crippen molar-refractivity contribution in [1.82, 2.24) is 15.2 Å². The van der Waals surface area contributed by atoms with Crippen LogP contribution in [0, 0.1) is 11.3 Å². The molecule has 2 heterocycles. The highest BCUT2D eigenvalue weighted by atomic mass is 35.5. The van der Waals surface area contributed by atoms with Gasteiger partial charge in [-0.25, -0.2) is 9.78 Å². The van der Waals surface area contributed by atoms with Gasteiger partial charge in [0.05, 0.1) is 5.56 Å². The van der Waals surface area contributed by atoms with Gasteiger partial charge in [-0.05, 0) is 36.2 Å². The number of hydrogen-bond acceptors (Lipinski definition) is 4. The molecule has 2 amide bonds. The van der Waals surface area contributed by atoms with Gasteiger partial charge in [0.2, 0.25) is 0 Å². The smallest absolute Gasteiger partial charge is 0.317 e. The molecule has 1 fully saturated rings. The number of halogens is 1. The van der Waals surface area contributed by atoms with Gasteiger partial charge in [0.15, 0.2) is 0 Å². The lowest BCUT2D eigenvalue weighted by Crippen LogP contribution is -2.52. The minimum atomic E-state index is -0.0618. The highest BCUT2D eigenvalue weighted by Gasteiger charge is 2.23. The first kappa shape index (κ1) is 18.0. The van der Waals surface area contributed by atoms with Crippen molar-refractivity contribution in [1.29, 1.82) is 5.26 Å². The number of aromatic nitrogens is 1. The fourth-order valence-electron chi connectivity index (χ4n) is 2.98. The molecule has 2 aromatic rings. The Morgan fingerprint density at radius 1 is 1.23 bits per heavy atom. The van der Waals surface area contributed by atoms with E-state index in [1.54, 1.807) is 23.2 Å². The van der Waals surface area contributed by atoms with Gasteiger partial charge in [-0.1, -0.05) is 23.7 Å². The van der Waals surface area contributed by atoms with E-state index >= 15 is 0 Å². The quantitative estimate of drug-likeness (QED) is 0.899. The molecule has 134 valence electrons. The first-order chi connectivity index (χ1) is 12.7. The summed E-state index contributed by atoms with van der Waals surface area (Å²) in [7, 11) is 0. The first-order valence-corrected chi connectivity index (χ1v) is 8.92. The van der Waals surface area contributed by atoms with Crippen molar-refractivity contribution in [2.75, 3.05) is 37.6 Å². The Balaban J connectivity index is 1.47. The first-order valence-electron chi connectivity index (χ1n) is 8.54. The molecule has 0 bridgehead atoms. The third-order valence-electron chi connectivity index (χ3n) is 4.35. The van der Waals surface area contributed by atoms with E-state index in [1.165, 1.54) is 0 Å². The number of nitriles is 1. The summed E-state index contributed by atoms with van der Waals surface area (Å²) in [5.74, 6) is 0.691. The normalized spacial score (nSPS) is 14.0. The van der Waals surface area contributed by atoms with Crippen LogP contribution in [0.4, 0.5) is 10.6 Å². The molecule has 1 aliphatic heterocycles. The molecular formula is C19H20ClN5O. The molecule has 3 rings (SSSR count). The number of rotatable bonds is 4. The predicted octanol–water partition coefficient (Wildman–Crippen LogP) is 2.68. The second-order valence-electron chi connectivity index (χ2n) is 6.07. The Hall–Kier alpha value is -2.78. The second-order valence-corrected chi connectivity index (χ2v) is 6.51. The Morgan fingerprint density at radius 2 is 2.04 bits per heavy atom. The van der Waals surface area contributed by atoms with Crippen molar-refractivity contribution in [2.45, 2.75) is 6.42 Å². The summed E-state index contributed by atoms with van der Waals surface area (Å²) in [6.45, 7) is 3.09. The average molecular weight is 370 g/mol. The Bertz CT molecular complexity index is 812. The molecule has 1 N–H and O–H groups in total. The van der Waals surface area contributed by atoms with Crippen LogP contribution in [0.2, 0.25) is 5.02 Å².